The number of ether oxygens (including phenoxy) is 2. The summed E-state index contributed by atoms with van der Waals surface area (Å²) in [6, 6.07) is -2.13. The lowest BCUT2D eigenvalue weighted by atomic mass is 9.78. The molecule has 3 rings (SSSR count). The fourth-order valence-corrected chi connectivity index (χ4v) is 5.48. The second-order valence-electron chi connectivity index (χ2n) is 9.58. The van der Waals surface area contributed by atoms with Crippen molar-refractivity contribution in [1.82, 2.24) is 5.32 Å². The minimum atomic E-state index is -5.22. The summed E-state index contributed by atoms with van der Waals surface area (Å²) >= 11 is 0. The van der Waals surface area contributed by atoms with E-state index >= 15 is 0 Å². The van der Waals surface area contributed by atoms with Crippen LogP contribution in [0.5, 0.6) is 0 Å². The molecule has 1 aliphatic heterocycles. The van der Waals surface area contributed by atoms with Gasteiger partial charge in [-0.05, 0) is 12.0 Å². The molecule has 14 atom stereocenters. The number of hydrogen-bond donors (Lipinski definition) is 12. The molecular weight excluding hydrogens is 542 g/mol. The van der Waals surface area contributed by atoms with Crippen molar-refractivity contribution in [2.75, 3.05) is 19.8 Å². The maximum atomic E-state index is 11.3. The number of nitrogens with one attached hydrogen (secondary N) is 1. The van der Waals surface area contributed by atoms with Crippen molar-refractivity contribution in [1.29, 1.82) is 0 Å². The first kappa shape index (κ1) is 31.6. The molecule has 1 heterocycles. The van der Waals surface area contributed by atoms with Crippen molar-refractivity contribution in [2.45, 2.75) is 85.8 Å². The van der Waals surface area contributed by atoms with Gasteiger partial charge in [-0.2, -0.15) is 8.42 Å². The van der Waals surface area contributed by atoms with E-state index in [1.165, 1.54) is 6.08 Å². The zero-order chi connectivity index (χ0) is 28.5. The standard InChI is InChI=1S/C20H35NO16S/c22-3-6-1-8(12(26)15(29)11(6)25)21-9-2-7(4-23)18(16(30)13(9)27)36-20-19(37-38(32,33)34)17(31)14(28)10(5-24)35-20/h1,7-31H,2-5H2,(H,32,33,34)/t7-,8+,9+,10-,11+,12+,13+,14-,15+,16-,17+,18-,19-,20+/m1/s1. The van der Waals surface area contributed by atoms with Gasteiger partial charge in [0.2, 0.25) is 0 Å². The Hall–Kier alpha value is -0.910. The normalized spacial score (nSPS) is 46.6. The maximum Gasteiger partial charge on any atom is 0.397 e. The van der Waals surface area contributed by atoms with Gasteiger partial charge in [0, 0.05) is 18.6 Å². The topological polar surface area (TPSA) is 296 Å². The lowest BCUT2D eigenvalue weighted by Gasteiger charge is -2.47. The molecule has 18 heteroatoms. The summed E-state index contributed by atoms with van der Waals surface area (Å²) in [6.07, 6.45) is -18.0. The predicted molar refractivity (Wildman–Crippen MR) is 120 cm³/mol. The Bertz CT molecular complexity index is 919. The highest BCUT2D eigenvalue weighted by atomic mass is 32.3. The molecule has 0 aromatic heterocycles. The van der Waals surface area contributed by atoms with Crippen LogP contribution < -0.4 is 5.32 Å². The molecule has 2 aliphatic carbocycles. The van der Waals surface area contributed by atoms with Gasteiger partial charge in [-0.15, -0.1) is 0 Å². The summed E-state index contributed by atoms with van der Waals surface area (Å²) in [5, 5.41) is 104. The van der Waals surface area contributed by atoms with Crippen LogP contribution >= 0.6 is 0 Å². The van der Waals surface area contributed by atoms with Crippen molar-refractivity contribution in [3.05, 3.63) is 11.6 Å². The smallest absolute Gasteiger partial charge is 0.396 e. The minimum Gasteiger partial charge on any atom is -0.396 e. The zero-order valence-corrected chi connectivity index (χ0v) is 20.7. The molecule has 0 radical (unpaired) electrons. The second kappa shape index (κ2) is 12.7. The van der Waals surface area contributed by atoms with E-state index in [0.717, 1.165) is 0 Å². The molecule has 1 saturated heterocycles. The molecule has 0 aromatic carbocycles. The SMILES string of the molecule is O=S(=O)(O)O[C@H]1[C@H](O[C@@H]2[C@@H](CO)C[C@H](N[C@H]3C=C(CO)[C@H](O)[C@H](O)[C@H]3O)[C@H](O)[C@H]2O)O[C@H](CO)[C@@H](O)[C@@H]1O. The first-order valence-corrected chi connectivity index (χ1v) is 13.1. The van der Waals surface area contributed by atoms with Crippen molar-refractivity contribution in [2.24, 2.45) is 5.92 Å². The van der Waals surface area contributed by atoms with Gasteiger partial charge in [-0.25, -0.2) is 4.18 Å². The van der Waals surface area contributed by atoms with E-state index in [1.807, 2.05) is 0 Å². The highest BCUT2D eigenvalue weighted by molar-refractivity contribution is 7.80. The van der Waals surface area contributed by atoms with Crippen molar-refractivity contribution < 1.29 is 77.7 Å². The summed E-state index contributed by atoms with van der Waals surface area (Å²) < 4.78 is 46.9. The zero-order valence-electron chi connectivity index (χ0n) is 19.9. The van der Waals surface area contributed by atoms with Gasteiger partial charge < -0.3 is 65.9 Å². The third-order valence-electron chi connectivity index (χ3n) is 7.11. The van der Waals surface area contributed by atoms with E-state index in [2.05, 4.69) is 9.50 Å². The van der Waals surface area contributed by atoms with E-state index in [1.54, 1.807) is 0 Å². The number of aliphatic hydroxyl groups excluding tert-OH is 10. The molecule has 12 N–H and O–H groups in total. The van der Waals surface area contributed by atoms with E-state index in [-0.39, 0.29) is 12.0 Å². The fraction of sp³-hybridized carbons (Fsp3) is 0.900. The molecule has 2 fully saturated rings. The van der Waals surface area contributed by atoms with Gasteiger partial charge in [-0.3, -0.25) is 4.55 Å². The molecule has 0 amide bonds. The summed E-state index contributed by atoms with van der Waals surface area (Å²) in [6.45, 7) is -2.14. The van der Waals surface area contributed by atoms with Crippen LogP contribution in [-0.4, -0.2) is 163 Å². The van der Waals surface area contributed by atoms with Gasteiger partial charge >= 0.3 is 10.4 Å². The summed E-state index contributed by atoms with van der Waals surface area (Å²) in [5.41, 5.74) is 0.00423. The van der Waals surface area contributed by atoms with E-state index in [0.29, 0.717) is 0 Å². The molecule has 3 aliphatic rings. The van der Waals surface area contributed by atoms with Crippen LogP contribution in [-0.2, 0) is 24.1 Å². The van der Waals surface area contributed by atoms with E-state index < -0.39 is 116 Å². The Kier molecular flexibility index (Phi) is 10.6. The Balaban J connectivity index is 1.80. The van der Waals surface area contributed by atoms with Crippen LogP contribution in [0, 0.1) is 5.92 Å². The van der Waals surface area contributed by atoms with Crippen LogP contribution in [0.4, 0.5) is 0 Å². The van der Waals surface area contributed by atoms with Crippen molar-refractivity contribution in [3.63, 3.8) is 0 Å². The molecular formula is C20H35NO16S. The molecule has 0 aromatic rings. The van der Waals surface area contributed by atoms with Gasteiger partial charge in [0.15, 0.2) is 12.4 Å². The molecule has 222 valence electrons. The third kappa shape index (κ3) is 6.69. The van der Waals surface area contributed by atoms with E-state index in [9.17, 15) is 59.5 Å². The van der Waals surface area contributed by atoms with Gasteiger partial charge in [0.1, 0.15) is 42.7 Å². The maximum absolute atomic E-state index is 11.3. The Morgan fingerprint density at radius 1 is 0.868 bits per heavy atom. The second-order valence-corrected chi connectivity index (χ2v) is 10.6. The highest BCUT2D eigenvalue weighted by Gasteiger charge is 2.52. The average molecular weight is 578 g/mol. The van der Waals surface area contributed by atoms with Crippen LogP contribution in [0.1, 0.15) is 6.42 Å². The third-order valence-corrected chi connectivity index (χ3v) is 7.57. The molecule has 0 unspecified atom stereocenters. The Morgan fingerprint density at radius 2 is 1.50 bits per heavy atom. The molecule has 0 spiro atoms. The molecule has 38 heavy (non-hydrogen) atoms. The number of hydrogen-bond acceptors (Lipinski definition) is 16. The lowest BCUT2D eigenvalue weighted by Crippen LogP contribution is -2.66. The summed E-state index contributed by atoms with van der Waals surface area (Å²) in [5.74, 6) is -1.00. The van der Waals surface area contributed by atoms with Crippen LogP contribution in [0.2, 0.25) is 0 Å². The average Bonchev–Trinajstić information content (AvgIpc) is 2.87. The summed E-state index contributed by atoms with van der Waals surface area (Å²) in [7, 11) is -5.22. The van der Waals surface area contributed by atoms with Crippen LogP contribution in [0.15, 0.2) is 11.6 Å². The predicted octanol–water partition coefficient (Wildman–Crippen LogP) is -6.93. The van der Waals surface area contributed by atoms with Crippen molar-refractivity contribution >= 4 is 10.4 Å². The monoisotopic (exact) mass is 577 g/mol. The first-order valence-electron chi connectivity index (χ1n) is 11.8. The number of aliphatic hydroxyl groups is 10. The Morgan fingerprint density at radius 3 is 2.05 bits per heavy atom. The van der Waals surface area contributed by atoms with Crippen LogP contribution in [0.25, 0.3) is 0 Å². The van der Waals surface area contributed by atoms with Crippen LogP contribution in [0.3, 0.4) is 0 Å². The first-order chi connectivity index (χ1) is 17.7. The highest BCUT2D eigenvalue weighted by Crippen LogP contribution is 2.34. The minimum absolute atomic E-state index is 0.00423. The van der Waals surface area contributed by atoms with Gasteiger partial charge in [0.25, 0.3) is 0 Å². The molecule has 17 nitrogen and oxygen atoms in total. The quantitative estimate of drug-likeness (QED) is 0.0894. The molecule has 1 saturated carbocycles. The fourth-order valence-electron chi connectivity index (χ4n) is 5.00. The summed E-state index contributed by atoms with van der Waals surface area (Å²) in [4.78, 5) is 0. The van der Waals surface area contributed by atoms with Gasteiger partial charge in [-0.1, -0.05) is 6.08 Å². The largest absolute Gasteiger partial charge is 0.397 e. The lowest BCUT2D eigenvalue weighted by molar-refractivity contribution is -0.324. The van der Waals surface area contributed by atoms with Crippen molar-refractivity contribution in [3.8, 4) is 0 Å². The number of rotatable bonds is 9. The Labute approximate surface area is 217 Å². The molecule has 0 bridgehead atoms. The van der Waals surface area contributed by atoms with Gasteiger partial charge in [0.05, 0.1) is 31.5 Å². The van der Waals surface area contributed by atoms with E-state index in [4.69, 9.17) is 14.0 Å².